The minimum atomic E-state index is 0.594. The molecule has 0 aliphatic carbocycles. The van der Waals surface area contributed by atoms with Crippen LogP contribution in [0.3, 0.4) is 0 Å². The molecule has 2 aromatic rings. The maximum absolute atomic E-state index is 4.59. The molecule has 0 radical (unpaired) electrons. The Balaban J connectivity index is 2.25. The number of imidazole rings is 1. The lowest BCUT2D eigenvalue weighted by Gasteiger charge is -2.30. The lowest BCUT2D eigenvalue weighted by Crippen LogP contribution is -2.43. The smallest absolute Gasteiger partial charge is 0.107 e. The number of nitrogens with zero attached hydrogens (tertiary/aromatic N) is 2. The van der Waals surface area contributed by atoms with E-state index in [1.54, 1.807) is 0 Å². The number of benzene rings is 1. The molecule has 1 saturated heterocycles. The van der Waals surface area contributed by atoms with Crippen LogP contribution in [0.2, 0.25) is 0 Å². The van der Waals surface area contributed by atoms with Crippen LogP contribution in [0, 0.1) is 13.8 Å². The van der Waals surface area contributed by atoms with Crippen LogP contribution < -0.4 is 5.32 Å². The van der Waals surface area contributed by atoms with E-state index in [1.807, 2.05) is 0 Å². The van der Waals surface area contributed by atoms with Crippen molar-refractivity contribution in [1.82, 2.24) is 14.9 Å². The summed E-state index contributed by atoms with van der Waals surface area (Å²) in [5.74, 6) is 1.13. The Morgan fingerprint density at radius 1 is 1.33 bits per heavy atom. The van der Waals surface area contributed by atoms with E-state index in [0.717, 1.165) is 24.4 Å². The van der Waals surface area contributed by atoms with Crippen LogP contribution in [0.5, 0.6) is 0 Å². The molecular formula is C12H15N3. The monoisotopic (exact) mass is 201 g/mol. The summed E-state index contributed by atoms with van der Waals surface area (Å²) in [7, 11) is 0. The molecule has 2 heterocycles. The SMILES string of the molecule is Cc1ccc2nc(C)n(C3CNC3)c2c1. The molecule has 1 fully saturated rings. The first-order chi connectivity index (χ1) is 7.25. The van der Waals surface area contributed by atoms with Crippen molar-refractivity contribution in [2.24, 2.45) is 0 Å². The topological polar surface area (TPSA) is 29.9 Å². The van der Waals surface area contributed by atoms with Gasteiger partial charge < -0.3 is 9.88 Å². The van der Waals surface area contributed by atoms with Crippen molar-refractivity contribution in [2.45, 2.75) is 19.9 Å². The second kappa shape index (κ2) is 3.07. The van der Waals surface area contributed by atoms with Crippen molar-refractivity contribution < 1.29 is 0 Å². The van der Waals surface area contributed by atoms with E-state index >= 15 is 0 Å². The summed E-state index contributed by atoms with van der Waals surface area (Å²) in [6.45, 7) is 6.36. The van der Waals surface area contributed by atoms with E-state index in [2.05, 4.69) is 46.9 Å². The van der Waals surface area contributed by atoms with Crippen molar-refractivity contribution >= 4 is 11.0 Å². The molecule has 0 saturated carbocycles. The third-order valence-electron chi connectivity index (χ3n) is 3.15. The van der Waals surface area contributed by atoms with Gasteiger partial charge in [-0.25, -0.2) is 4.98 Å². The van der Waals surface area contributed by atoms with Gasteiger partial charge in [-0.15, -0.1) is 0 Å². The highest BCUT2D eigenvalue weighted by molar-refractivity contribution is 5.77. The van der Waals surface area contributed by atoms with E-state index in [4.69, 9.17) is 0 Å². The van der Waals surface area contributed by atoms with Crippen LogP contribution in [0.15, 0.2) is 18.2 Å². The molecule has 3 heteroatoms. The number of nitrogens with one attached hydrogen (secondary N) is 1. The third-order valence-corrected chi connectivity index (χ3v) is 3.15. The number of hydrogen-bond acceptors (Lipinski definition) is 2. The van der Waals surface area contributed by atoms with Crippen LogP contribution in [0.1, 0.15) is 17.4 Å². The summed E-state index contributed by atoms with van der Waals surface area (Å²) >= 11 is 0. The second-order valence-electron chi connectivity index (χ2n) is 4.33. The largest absolute Gasteiger partial charge is 0.323 e. The minimum absolute atomic E-state index is 0.594. The molecule has 0 bridgehead atoms. The molecule has 0 unspecified atom stereocenters. The molecule has 0 amide bonds. The van der Waals surface area contributed by atoms with Crippen molar-refractivity contribution in [2.75, 3.05) is 13.1 Å². The molecule has 3 nitrogen and oxygen atoms in total. The Kier molecular flexibility index (Phi) is 1.83. The summed E-state index contributed by atoms with van der Waals surface area (Å²) in [5.41, 5.74) is 3.69. The first-order valence-corrected chi connectivity index (χ1v) is 5.41. The highest BCUT2D eigenvalue weighted by Crippen LogP contribution is 2.23. The van der Waals surface area contributed by atoms with E-state index in [-0.39, 0.29) is 0 Å². The maximum Gasteiger partial charge on any atom is 0.107 e. The van der Waals surface area contributed by atoms with Crippen LogP contribution in [0.4, 0.5) is 0 Å². The van der Waals surface area contributed by atoms with Gasteiger partial charge in [-0.3, -0.25) is 0 Å². The number of fused-ring (bicyclic) bond motifs is 1. The molecule has 0 atom stereocenters. The maximum atomic E-state index is 4.59. The van der Waals surface area contributed by atoms with E-state index in [9.17, 15) is 0 Å². The Morgan fingerprint density at radius 3 is 2.80 bits per heavy atom. The highest BCUT2D eigenvalue weighted by Gasteiger charge is 2.22. The van der Waals surface area contributed by atoms with Crippen LogP contribution in [-0.4, -0.2) is 22.6 Å². The van der Waals surface area contributed by atoms with E-state index < -0.39 is 0 Å². The summed E-state index contributed by atoms with van der Waals surface area (Å²) in [4.78, 5) is 4.59. The third kappa shape index (κ3) is 1.27. The van der Waals surface area contributed by atoms with Gasteiger partial charge >= 0.3 is 0 Å². The lowest BCUT2D eigenvalue weighted by molar-refractivity contribution is 0.345. The number of aromatic nitrogens is 2. The molecule has 78 valence electrons. The first kappa shape index (κ1) is 8.92. The van der Waals surface area contributed by atoms with Crippen LogP contribution in [-0.2, 0) is 0 Å². The predicted octanol–water partition coefficient (Wildman–Crippen LogP) is 1.80. The van der Waals surface area contributed by atoms with Gasteiger partial charge in [-0.05, 0) is 31.5 Å². The van der Waals surface area contributed by atoms with E-state index in [0.29, 0.717) is 6.04 Å². The summed E-state index contributed by atoms with van der Waals surface area (Å²) in [6, 6.07) is 7.06. The Hall–Kier alpha value is -1.35. The summed E-state index contributed by atoms with van der Waals surface area (Å²) in [6.07, 6.45) is 0. The zero-order valence-corrected chi connectivity index (χ0v) is 9.12. The Morgan fingerprint density at radius 2 is 2.13 bits per heavy atom. The molecular weight excluding hydrogens is 186 g/mol. The zero-order valence-electron chi connectivity index (χ0n) is 9.12. The van der Waals surface area contributed by atoms with Gasteiger partial charge in [0.15, 0.2) is 0 Å². The molecule has 0 spiro atoms. The van der Waals surface area contributed by atoms with Gasteiger partial charge in [0.25, 0.3) is 0 Å². The molecule has 1 aromatic heterocycles. The number of rotatable bonds is 1. The fourth-order valence-electron chi connectivity index (χ4n) is 2.24. The summed E-state index contributed by atoms with van der Waals surface area (Å²) in [5, 5.41) is 3.31. The quantitative estimate of drug-likeness (QED) is 0.762. The summed E-state index contributed by atoms with van der Waals surface area (Å²) < 4.78 is 2.36. The fraction of sp³-hybridized carbons (Fsp3) is 0.417. The van der Waals surface area contributed by atoms with E-state index in [1.165, 1.54) is 11.1 Å². The first-order valence-electron chi connectivity index (χ1n) is 5.41. The van der Waals surface area contributed by atoms with Gasteiger partial charge in [0.1, 0.15) is 5.82 Å². The Labute approximate surface area is 89.1 Å². The van der Waals surface area contributed by atoms with Crippen LogP contribution in [0.25, 0.3) is 11.0 Å². The lowest BCUT2D eigenvalue weighted by atomic mass is 10.1. The normalized spacial score (nSPS) is 16.9. The average molecular weight is 201 g/mol. The molecule has 1 aromatic carbocycles. The molecule has 1 aliphatic heterocycles. The highest BCUT2D eigenvalue weighted by atomic mass is 15.2. The molecule has 3 rings (SSSR count). The number of hydrogen-bond donors (Lipinski definition) is 1. The standard InChI is InChI=1S/C12H15N3/c1-8-3-4-11-12(5-8)15(9(2)14-11)10-6-13-7-10/h3-5,10,13H,6-7H2,1-2H3. The van der Waals surface area contributed by atoms with Crippen LogP contribution >= 0.6 is 0 Å². The van der Waals surface area contributed by atoms with Crippen molar-refractivity contribution in [3.8, 4) is 0 Å². The molecule has 1 aliphatic rings. The predicted molar refractivity (Wildman–Crippen MR) is 61.1 cm³/mol. The zero-order chi connectivity index (χ0) is 10.4. The average Bonchev–Trinajstić information content (AvgIpc) is 2.42. The number of aryl methyl sites for hydroxylation is 2. The van der Waals surface area contributed by atoms with Crippen molar-refractivity contribution in [1.29, 1.82) is 0 Å². The van der Waals surface area contributed by atoms with Gasteiger partial charge in [0.05, 0.1) is 17.1 Å². The fourth-order valence-corrected chi connectivity index (χ4v) is 2.24. The minimum Gasteiger partial charge on any atom is -0.323 e. The van der Waals surface area contributed by atoms with Crippen molar-refractivity contribution in [3.63, 3.8) is 0 Å². The Bertz CT molecular complexity index is 509. The van der Waals surface area contributed by atoms with Gasteiger partial charge in [0, 0.05) is 13.1 Å². The molecule has 15 heavy (non-hydrogen) atoms. The van der Waals surface area contributed by atoms with Crippen molar-refractivity contribution in [3.05, 3.63) is 29.6 Å². The van der Waals surface area contributed by atoms with Gasteiger partial charge in [0.2, 0.25) is 0 Å². The second-order valence-corrected chi connectivity index (χ2v) is 4.33. The molecule has 1 N–H and O–H groups in total. The van der Waals surface area contributed by atoms with Gasteiger partial charge in [-0.2, -0.15) is 0 Å². The van der Waals surface area contributed by atoms with Gasteiger partial charge in [-0.1, -0.05) is 6.07 Å².